The molecule has 3 aromatic rings. The molecule has 2 N–H and O–H groups in total. The van der Waals surface area contributed by atoms with Crippen molar-refractivity contribution in [2.24, 2.45) is 0 Å². The van der Waals surface area contributed by atoms with E-state index in [1.807, 2.05) is 32.0 Å². The molecule has 11 nitrogen and oxygen atoms in total. The average Bonchev–Trinajstić information content (AvgIpc) is 3.56. The molecule has 236 valence electrons. The van der Waals surface area contributed by atoms with Gasteiger partial charge in [0.05, 0.1) is 31.1 Å². The van der Waals surface area contributed by atoms with Crippen LogP contribution in [0, 0.1) is 20.8 Å². The van der Waals surface area contributed by atoms with E-state index in [0.29, 0.717) is 22.1 Å². The second kappa shape index (κ2) is 15.3. The monoisotopic (exact) mass is 641 g/mol. The number of esters is 2. The van der Waals surface area contributed by atoms with Gasteiger partial charge in [0, 0.05) is 11.6 Å². The minimum atomic E-state index is -0.621. The fourth-order valence-electron chi connectivity index (χ4n) is 5.11. The molecule has 1 aliphatic rings. The average molecular weight is 642 g/mol. The Morgan fingerprint density at radius 1 is 0.977 bits per heavy atom. The minimum absolute atomic E-state index is 0.00614. The fraction of sp³-hybridized carbons (Fsp3) is 0.484. The quantitative estimate of drug-likeness (QED) is 0.186. The molecule has 2 aromatic heterocycles. The minimum Gasteiger partial charge on any atom is -0.462 e. The Morgan fingerprint density at radius 2 is 1.68 bits per heavy atom. The molecule has 2 heterocycles. The molecular weight excluding hydrogens is 603 g/mol. The van der Waals surface area contributed by atoms with Crippen molar-refractivity contribution in [1.29, 1.82) is 0 Å². The summed E-state index contributed by atoms with van der Waals surface area (Å²) < 4.78 is 12.4. The Labute approximate surface area is 265 Å². The van der Waals surface area contributed by atoms with Crippen molar-refractivity contribution in [2.75, 3.05) is 24.3 Å². The molecule has 1 aromatic carbocycles. The smallest absolute Gasteiger partial charge is 0.348 e. The lowest BCUT2D eigenvalue weighted by Crippen LogP contribution is -2.26. The molecule has 1 aliphatic carbocycles. The van der Waals surface area contributed by atoms with Crippen molar-refractivity contribution in [3.63, 3.8) is 0 Å². The van der Waals surface area contributed by atoms with Gasteiger partial charge in [-0.1, -0.05) is 37.1 Å². The molecule has 44 heavy (non-hydrogen) atoms. The van der Waals surface area contributed by atoms with Gasteiger partial charge in [0.2, 0.25) is 5.91 Å². The maximum Gasteiger partial charge on any atom is 0.348 e. The number of nitrogens with zero attached hydrogens (tertiary/aromatic N) is 3. The molecule has 2 amide bonds. The first-order valence-corrected chi connectivity index (χ1v) is 16.6. The first kappa shape index (κ1) is 33.2. The van der Waals surface area contributed by atoms with Crippen LogP contribution in [-0.4, -0.2) is 57.5 Å². The molecule has 0 spiro atoms. The van der Waals surface area contributed by atoms with Crippen molar-refractivity contribution in [2.45, 2.75) is 84.5 Å². The van der Waals surface area contributed by atoms with Crippen LogP contribution in [0.2, 0.25) is 0 Å². The van der Waals surface area contributed by atoms with Gasteiger partial charge in [0.25, 0.3) is 5.91 Å². The van der Waals surface area contributed by atoms with Gasteiger partial charge < -0.3 is 24.7 Å². The maximum absolute atomic E-state index is 13.1. The number of thiophene rings is 1. The lowest BCUT2D eigenvalue weighted by atomic mass is 9.95. The number of nitrogens with one attached hydrogen (secondary N) is 2. The molecule has 0 unspecified atom stereocenters. The summed E-state index contributed by atoms with van der Waals surface area (Å²) >= 11 is 2.22. The first-order chi connectivity index (χ1) is 21.1. The zero-order valence-corrected chi connectivity index (χ0v) is 27.4. The number of ether oxygens (including phenoxy) is 2. The maximum atomic E-state index is 13.1. The van der Waals surface area contributed by atoms with Gasteiger partial charge in [-0.2, -0.15) is 0 Å². The number of aryl methyl sites for hydroxylation is 2. The molecule has 13 heteroatoms. The normalized spacial score (nSPS) is 13.4. The summed E-state index contributed by atoms with van der Waals surface area (Å²) in [4.78, 5) is 51.5. The van der Waals surface area contributed by atoms with E-state index < -0.39 is 11.9 Å². The lowest BCUT2D eigenvalue weighted by molar-refractivity contribution is -0.113. The zero-order valence-electron chi connectivity index (χ0n) is 25.8. The van der Waals surface area contributed by atoms with E-state index in [9.17, 15) is 19.2 Å². The van der Waals surface area contributed by atoms with Crippen LogP contribution >= 0.6 is 23.1 Å². The number of carbonyl (C=O) groups is 4. The number of benzene rings is 1. The predicted molar refractivity (Wildman–Crippen MR) is 170 cm³/mol. The second-order valence-corrected chi connectivity index (χ2v) is 12.5. The van der Waals surface area contributed by atoms with E-state index in [0.717, 1.165) is 48.1 Å². The summed E-state index contributed by atoms with van der Waals surface area (Å²) in [6, 6.07) is 5.77. The predicted octanol–water partition coefficient (Wildman–Crippen LogP) is 5.78. The summed E-state index contributed by atoms with van der Waals surface area (Å²) in [7, 11) is 0. The molecule has 1 saturated carbocycles. The highest BCUT2D eigenvalue weighted by atomic mass is 32.2. The van der Waals surface area contributed by atoms with Crippen LogP contribution in [0.3, 0.4) is 0 Å². The van der Waals surface area contributed by atoms with Crippen LogP contribution in [0.1, 0.15) is 105 Å². The van der Waals surface area contributed by atoms with E-state index >= 15 is 0 Å². The number of hydrogen-bond acceptors (Lipinski definition) is 10. The third-order valence-electron chi connectivity index (χ3n) is 7.52. The van der Waals surface area contributed by atoms with E-state index in [1.165, 1.54) is 18.2 Å². The van der Waals surface area contributed by atoms with Crippen LogP contribution in [0.4, 0.5) is 5.00 Å². The van der Waals surface area contributed by atoms with Crippen molar-refractivity contribution in [3.05, 3.63) is 56.7 Å². The standard InChI is InChI=1S/C31H39N5O6S2/c1-6-41-29(39)25-20(5)26(30(40)42-7-2)44-28(25)33-24(37)17-43-31-35-34-23(36(31)22-11-9-8-10-12-22)16-32-27(38)21-14-13-18(3)19(4)15-21/h13-15,22H,6-12,16-17H2,1-5H3,(H,32,38)(H,33,37). The first-order valence-electron chi connectivity index (χ1n) is 14.8. The van der Waals surface area contributed by atoms with Gasteiger partial charge in [-0.15, -0.1) is 21.5 Å². The van der Waals surface area contributed by atoms with E-state index in [4.69, 9.17) is 9.47 Å². The Bertz CT molecular complexity index is 1530. The van der Waals surface area contributed by atoms with E-state index in [-0.39, 0.29) is 58.8 Å². The summed E-state index contributed by atoms with van der Waals surface area (Å²) in [5.41, 5.74) is 3.30. The number of carbonyl (C=O) groups excluding carboxylic acids is 4. The fourth-order valence-corrected chi connectivity index (χ4v) is 7.04. The highest BCUT2D eigenvalue weighted by Crippen LogP contribution is 2.35. The summed E-state index contributed by atoms with van der Waals surface area (Å²) in [6.45, 7) is 9.53. The van der Waals surface area contributed by atoms with E-state index in [2.05, 4.69) is 25.4 Å². The largest absolute Gasteiger partial charge is 0.462 e. The van der Waals surface area contributed by atoms with Crippen molar-refractivity contribution < 1.29 is 28.7 Å². The van der Waals surface area contributed by atoms with Crippen LogP contribution < -0.4 is 10.6 Å². The third kappa shape index (κ3) is 7.86. The van der Waals surface area contributed by atoms with Crippen LogP contribution in [-0.2, 0) is 20.8 Å². The molecule has 0 atom stereocenters. The number of aromatic nitrogens is 3. The number of rotatable bonds is 12. The van der Waals surface area contributed by atoms with Crippen molar-refractivity contribution in [1.82, 2.24) is 20.1 Å². The van der Waals surface area contributed by atoms with Gasteiger partial charge in [-0.3, -0.25) is 9.59 Å². The highest BCUT2D eigenvalue weighted by molar-refractivity contribution is 7.99. The number of thioether (sulfide) groups is 1. The molecule has 0 radical (unpaired) electrons. The Kier molecular flexibility index (Phi) is 11.6. The molecular formula is C31H39N5O6S2. The van der Waals surface area contributed by atoms with Gasteiger partial charge in [-0.05, 0) is 76.3 Å². The van der Waals surface area contributed by atoms with Crippen molar-refractivity contribution >= 4 is 51.9 Å². The molecule has 0 saturated heterocycles. The molecule has 4 rings (SSSR count). The van der Waals surface area contributed by atoms with Gasteiger partial charge >= 0.3 is 11.9 Å². The zero-order chi connectivity index (χ0) is 31.8. The lowest BCUT2D eigenvalue weighted by Gasteiger charge is -2.25. The number of hydrogen-bond donors (Lipinski definition) is 2. The highest BCUT2D eigenvalue weighted by Gasteiger charge is 2.28. The summed E-state index contributed by atoms with van der Waals surface area (Å²) in [5, 5.41) is 15.4. The van der Waals surface area contributed by atoms with Gasteiger partial charge in [-0.25, -0.2) is 9.59 Å². The Morgan fingerprint density at radius 3 is 2.36 bits per heavy atom. The SMILES string of the molecule is CCOC(=O)c1sc(NC(=O)CSc2nnc(CNC(=O)c3ccc(C)c(C)c3)n2C2CCCCC2)c(C(=O)OCC)c1C. The van der Waals surface area contributed by atoms with Crippen LogP contribution in [0.5, 0.6) is 0 Å². The summed E-state index contributed by atoms with van der Waals surface area (Å²) in [5.74, 6) is -1.12. The van der Waals surface area contributed by atoms with Gasteiger partial charge in [0.15, 0.2) is 11.0 Å². The van der Waals surface area contributed by atoms with Crippen LogP contribution in [0.25, 0.3) is 0 Å². The van der Waals surface area contributed by atoms with Gasteiger partial charge in [0.1, 0.15) is 9.88 Å². The van der Waals surface area contributed by atoms with E-state index in [1.54, 1.807) is 20.8 Å². The van der Waals surface area contributed by atoms with Crippen LogP contribution in [0.15, 0.2) is 23.4 Å². The Balaban J connectivity index is 1.49. The van der Waals surface area contributed by atoms with Crippen molar-refractivity contribution in [3.8, 4) is 0 Å². The third-order valence-corrected chi connectivity index (χ3v) is 9.65. The molecule has 0 aliphatic heterocycles. The second-order valence-electron chi connectivity index (χ2n) is 10.6. The molecule has 1 fully saturated rings. The Hall–Kier alpha value is -3.71. The summed E-state index contributed by atoms with van der Waals surface area (Å²) in [6.07, 6.45) is 5.26. The topological polar surface area (TPSA) is 142 Å². The molecule has 0 bridgehead atoms. The number of amides is 2. The number of anilines is 1.